The minimum atomic E-state index is -0.242. The second-order valence-electron chi connectivity index (χ2n) is 7.42. The number of nitrogens with one attached hydrogen (secondary N) is 1. The lowest BCUT2D eigenvalue weighted by molar-refractivity contribution is -0.143. The van der Waals surface area contributed by atoms with Crippen LogP contribution in [0.15, 0.2) is 12.7 Å². The fourth-order valence-electron chi connectivity index (χ4n) is 3.12. The summed E-state index contributed by atoms with van der Waals surface area (Å²) >= 11 is 0. The number of rotatable bonds is 20. The van der Waals surface area contributed by atoms with Gasteiger partial charge in [0.2, 0.25) is 5.91 Å². The zero-order valence-electron chi connectivity index (χ0n) is 17.7. The van der Waals surface area contributed by atoms with Crippen LogP contribution in [0.2, 0.25) is 0 Å². The second kappa shape index (κ2) is 21.0. The van der Waals surface area contributed by atoms with Gasteiger partial charge in [-0.25, -0.2) is 0 Å². The van der Waals surface area contributed by atoms with Gasteiger partial charge in [0.1, 0.15) is 6.61 Å². The summed E-state index contributed by atoms with van der Waals surface area (Å²) in [4.78, 5) is 22.5. The monoisotopic (exact) mass is 381 g/mol. The van der Waals surface area contributed by atoms with Gasteiger partial charge in [0.05, 0.1) is 6.54 Å². The molecule has 0 fully saturated rings. The smallest absolute Gasteiger partial charge is 0.305 e. The first-order chi connectivity index (χ1) is 13.2. The van der Waals surface area contributed by atoms with Gasteiger partial charge in [-0.05, 0) is 12.5 Å². The van der Waals surface area contributed by atoms with E-state index in [2.05, 4.69) is 18.8 Å². The summed E-state index contributed by atoms with van der Waals surface area (Å²) in [5.74, 6) is -0.411. The molecule has 0 rings (SSSR count). The van der Waals surface area contributed by atoms with E-state index in [9.17, 15) is 9.59 Å². The predicted molar refractivity (Wildman–Crippen MR) is 114 cm³/mol. The number of carbonyl (C=O) groups excluding carboxylic acids is 2. The van der Waals surface area contributed by atoms with Crippen LogP contribution < -0.4 is 5.32 Å². The van der Waals surface area contributed by atoms with Crippen molar-refractivity contribution in [2.75, 3.05) is 13.2 Å². The molecule has 0 aliphatic carbocycles. The molecular formula is C23H43NO3. The Morgan fingerprint density at radius 1 is 0.778 bits per heavy atom. The molecule has 0 aromatic rings. The first kappa shape index (κ1) is 25.7. The van der Waals surface area contributed by atoms with Gasteiger partial charge in [-0.3, -0.25) is 9.59 Å². The van der Waals surface area contributed by atoms with E-state index in [-0.39, 0.29) is 18.5 Å². The van der Waals surface area contributed by atoms with Crippen LogP contribution in [0.3, 0.4) is 0 Å². The summed E-state index contributed by atoms with van der Waals surface area (Å²) in [7, 11) is 0. The first-order valence-electron chi connectivity index (χ1n) is 11.3. The van der Waals surface area contributed by atoms with Crippen molar-refractivity contribution in [2.24, 2.45) is 0 Å². The number of esters is 1. The average molecular weight is 382 g/mol. The van der Waals surface area contributed by atoms with E-state index in [1.54, 1.807) is 0 Å². The van der Waals surface area contributed by atoms with E-state index in [1.165, 1.54) is 89.5 Å². The van der Waals surface area contributed by atoms with E-state index in [0.717, 1.165) is 12.8 Å². The SMILES string of the molecule is C=CC(=O)NCCOC(=O)CCCCCCCCCCCCCCCCC. The first-order valence-corrected chi connectivity index (χ1v) is 11.3. The number of hydrogen-bond donors (Lipinski definition) is 1. The van der Waals surface area contributed by atoms with E-state index < -0.39 is 0 Å². The summed E-state index contributed by atoms with van der Waals surface area (Å²) in [5.41, 5.74) is 0. The van der Waals surface area contributed by atoms with Gasteiger partial charge >= 0.3 is 5.97 Å². The van der Waals surface area contributed by atoms with Crippen LogP contribution in [0.1, 0.15) is 110 Å². The molecule has 1 N–H and O–H groups in total. The van der Waals surface area contributed by atoms with Crippen molar-refractivity contribution in [1.29, 1.82) is 0 Å². The highest BCUT2D eigenvalue weighted by Gasteiger charge is 2.03. The maximum absolute atomic E-state index is 11.5. The minimum absolute atomic E-state index is 0.169. The molecule has 0 heterocycles. The maximum atomic E-state index is 11.5. The summed E-state index contributed by atoms with van der Waals surface area (Å²) in [5, 5.41) is 2.58. The fourth-order valence-corrected chi connectivity index (χ4v) is 3.12. The third-order valence-corrected chi connectivity index (χ3v) is 4.83. The van der Waals surface area contributed by atoms with Gasteiger partial charge in [0.15, 0.2) is 0 Å². The number of unbranched alkanes of at least 4 members (excludes halogenated alkanes) is 14. The lowest BCUT2D eigenvalue weighted by atomic mass is 10.0. The molecule has 1 amide bonds. The molecule has 0 spiro atoms. The minimum Gasteiger partial charge on any atom is -0.464 e. The summed E-state index contributed by atoms with van der Waals surface area (Å²) < 4.78 is 5.07. The highest BCUT2D eigenvalue weighted by atomic mass is 16.5. The predicted octanol–water partition coefficient (Wildman–Crippen LogP) is 6.09. The molecule has 0 aromatic carbocycles. The van der Waals surface area contributed by atoms with E-state index in [4.69, 9.17) is 4.74 Å². The Morgan fingerprint density at radius 2 is 1.22 bits per heavy atom. The third kappa shape index (κ3) is 20.8. The third-order valence-electron chi connectivity index (χ3n) is 4.83. The molecule has 0 aromatic heterocycles. The lowest BCUT2D eigenvalue weighted by Crippen LogP contribution is -2.26. The van der Waals surface area contributed by atoms with Crippen molar-refractivity contribution in [3.63, 3.8) is 0 Å². The molecule has 4 heteroatoms. The van der Waals surface area contributed by atoms with Crippen molar-refractivity contribution < 1.29 is 14.3 Å². The molecule has 0 aliphatic rings. The zero-order chi connectivity index (χ0) is 20.0. The van der Waals surface area contributed by atoms with E-state index in [0.29, 0.717) is 13.0 Å². The summed E-state index contributed by atoms with van der Waals surface area (Å²) in [6.07, 6.45) is 21.4. The highest BCUT2D eigenvalue weighted by Crippen LogP contribution is 2.13. The lowest BCUT2D eigenvalue weighted by Gasteiger charge is -2.05. The Labute approximate surface area is 167 Å². The Morgan fingerprint density at radius 3 is 1.67 bits per heavy atom. The molecule has 0 unspecified atom stereocenters. The molecule has 0 saturated carbocycles. The van der Waals surface area contributed by atoms with Crippen LogP contribution in [0.4, 0.5) is 0 Å². The van der Waals surface area contributed by atoms with Crippen LogP contribution in [0, 0.1) is 0 Å². The van der Waals surface area contributed by atoms with Gasteiger partial charge < -0.3 is 10.1 Å². The zero-order valence-corrected chi connectivity index (χ0v) is 17.7. The molecule has 0 saturated heterocycles. The fraction of sp³-hybridized carbons (Fsp3) is 0.826. The van der Waals surface area contributed by atoms with Crippen molar-refractivity contribution in [3.8, 4) is 0 Å². The van der Waals surface area contributed by atoms with Crippen LogP contribution in [0.25, 0.3) is 0 Å². The Bertz CT molecular complexity index is 369. The maximum Gasteiger partial charge on any atom is 0.305 e. The average Bonchev–Trinajstić information content (AvgIpc) is 2.68. The van der Waals surface area contributed by atoms with Crippen molar-refractivity contribution in [2.45, 2.75) is 110 Å². The molecule has 0 aliphatic heterocycles. The quantitative estimate of drug-likeness (QED) is 0.158. The van der Waals surface area contributed by atoms with E-state index in [1.807, 2.05) is 0 Å². The Kier molecular flexibility index (Phi) is 20.0. The van der Waals surface area contributed by atoms with Crippen LogP contribution >= 0.6 is 0 Å². The van der Waals surface area contributed by atoms with Crippen LogP contribution in [0.5, 0.6) is 0 Å². The summed E-state index contributed by atoms with van der Waals surface area (Å²) in [6, 6.07) is 0. The summed E-state index contributed by atoms with van der Waals surface area (Å²) in [6.45, 7) is 6.20. The number of hydrogen-bond acceptors (Lipinski definition) is 3. The number of ether oxygens (including phenoxy) is 1. The molecule has 4 nitrogen and oxygen atoms in total. The highest BCUT2D eigenvalue weighted by molar-refractivity contribution is 5.86. The van der Waals surface area contributed by atoms with Gasteiger partial charge in [-0.15, -0.1) is 0 Å². The van der Waals surface area contributed by atoms with Gasteiger partial charge in [-0.1, -0.05) is 103 Å². The molecular weight excluding hydrogens is 338 g/mol. The molecule has 158 valence electrons. The Hall–Kier alpha value is -1.32. The van der Waals surface area contributed by atoms with E-state index >= 15 is 0 Å². The molecule has 0 atom stereocenters. The molecule has 0 radical (unpaired) electrons. The largest absolute Gasteiger partial charge is 0.464 e. The Balaban J connectivity index is 3.16. The van der Waals surface area contributed by atoms with Gasteiger partial charge in [-0.2, -0.15) is 0 Å². The molecule has 27 heavy (non-hydrogen) atoms. The normalized spacial score (nSPS) is 10.6. The number of carbonyl (C=O) groups is 2. The van der Waals surface area contributed by atoms with Crippen LogP contribution in [-0.4, -0.2) is 25.0 Å². The van der Waals surface area contributed by atoms with Gasteiger partial charge in [0, 0.05) is 6.42 Å². The van der Waals surface area contributed by atoms with Crippen molar-refractivity contribution in [3.05, 3.63) is 12.7 Å². The number of amides is 1. The topological polar surface area (TPSA) is 55.4 Å². The standard InChI is InChI=1S/C23H43NO3/c1-3-5-6-7-8-9-10-11-12-13-14-15-16-17-18-19-23(26)27-21-20-24-22(25)4-2/h4H,2-3,5-21H2,1H3,(H,24,25). The van der Waals surface area contributed by atoms with Gasteiger partial charge in [0.25, 0.3) is 0 Å². The van der Waals surface area contributed by atoms with Crippen LogP contribution in [-0.2, 0) is 14.3 Å². The molecule has 0 bridgehead atoms. The van der Waals surface area contributed by atoms with Crippen molar-refractivity contribution in [1.82, 2.24) is 5.32 Å². The second-order valence-corrected chi connectivity index (χ2v) is 7.42. The van der Waals surface area contributed by atoms with Crippen molar-refractivity contribution >= 4 is 11.9 Å².